The van der Waals surface area contributed by atoms with Crippen LogP contribution in [0, 0.1) is 0 Å². The van der Waals surface area contributed by atoms with E-state index in [1.54, 1.807) is 48.5 Å². The summed E-state index contributed by atoms with van der Waals surface area (Å²) in [6.07, 6.45) is 0.905. The second-order valence-electron chi connectivity index (χ2n) is 6.60. The molecule has 0 saturated heterocycles. The lowest BCUT2D eigenvalue weighted by atomic mass is 10.0. The van der Waals surface area contributed by atoms with Crippen molar-refractivity contribution in [3.05, 3.63) is 108 Å². The van der Waals surface area contributed by atoms with Gasteiger partial charge in [0.2, 0.25) is 0 Å². The largest absolute Gasteiger partial charge is 0.508 e. The van der Waals surface area contributed by atoms with Crippen molar-refractivity contribution in [3.63, 3.8) is 0 Å². The van der Waals surface area contributed by atoms with Gasteiger partial charge in [0, 0.05) is 6.42 Å². The van der Waals surface area contributed by atoms with Crippen LogP contribution in [0.15, 0.2) is 97.1 Å². The fourth-order valence-corrected chi connectivity index (χ4v) is 3.11. The minimum absolute atomic E-state index is 0.322. The summed E-state index contributed by atoms with van der Waals surface area (Å²) in [6.45, 7) is 0. The highest BCUT2D eigenvalue weighted by atomic mass is 16.3. The van der Waals surface area contributed by atoms with Crippen LogP contribution < -0.4 is 11.5 Å². The Kier molecular flexibility index (Phi) is 6.38. The number of rotatable bonds is 0. The Morgan fingerprint density at radius 1 is 0.552 bits per heavy atom. The van der Waals surface area contributed by atoms with E-state index in [1.807, 2.05) is 18.2 Å². The molecule has 29 heavy (non-hydrogen) atoms. The molecule has 6 N–H and O–H groups in total. The number of fused-ring (bicyclic) bond motifs is 3. The molecule has 1 aliphatic carbocycles. The first kappa shape index (κ1) is 19.8. The van der Waals surface area contributed by atoms with Gasteiger partial charge in [-0.1, -0.05) is 66.7 Å². The highest BCUT2D eigenvalue weighted by Crippen LogP contribution is 2.40. The van der Waals surface area contributed by atoms with E-state index < -0.39 is 0 Å². The minimum atomic E-state index is 0.322. The van der Waals surface area contributed by atoms with Gasteiger partial charge in [0.25, 0.3) is 0 Å². The first-order valence-electron chi connectivity index (χ1n) is 9.29. The molecule has 0 bridgehead atoms. The van der Waals surface area contributed by atoms with Gasteiger partial charge in [-0.25, -0.2) is 0 Å². The number of nitrogens with two attached hydrogens (primary N) is 2. The van der Waals surface area contributed by atoms with Gasteiger partial charge in [-0.05, 0) is 52.6 Å². The number of para-hydroxylation sites is 2. The maximum Gasteiger partial charge on any atom is 0.115 e. The number of phenolic OH excluding ortho intramolecular Hbond substituents is 2. The fourth-order valence-electron chi connectivity index (χ4n) is 3.11. The summed E-state index contributed by atoms with van der Waals surface area (Å²) in [5.41, 5.74) is 18.3. The maximum atomic E-state index is 8.63. The molecule has 0 fully saturated rings. The van der Waals surface area contributed by atoms with Crippen LogP contribution in [0.25, 0.3) is 11.1 Å². The molecular formula is C25H24N2O2. The number of anilines is 2. The van der Waals surface area contributed by atoms with E-state index in [0.717, 1.165) is 12.1 Å². The average molecular weight is 384 g/mol. The van der Waals surface area contributed by atoms with Crippen LogP contribution in [-0.2, 0) is 6.42 Å². The molecule has 0 aliphatic heterocycles. The van der Waals surface area contributed by atoms with Crippen molar-refractivity contribution in [2.24, 2.45) is 0 Å². The zero-order valence-electron chi connectivity index (χ0n) is 16.0. The lowest BCUT2D eigenvalue weighted by Gasteiger charge is -2.06. The Bertz CT molecular complexity index is 1030. The van der Waals surface area contributed by atoms with Crippen molar-refractivity contribution in [2.45, 2.75) is 6.42 Å². The molecule has 146 valence electrons. The van der Waals surface area contributed by atoms with Crippen LogP contribution in [0.4, 0.5) is 11.4 Å². The lowest BCUT2D eigenvalue weighted by molar-refractivity contribution is 0.475. The van der Waals surface area contributed by atoms with E-state index in [4.69, 9.17) is 21.7 Å². The Morgan fingerprint density at radius 3 is 1.59 bits per heavy atom. The second-order valence-corrected chi connectivity index (χ2v) is 6.60. The van der Waals surface area contributed by atoms with E-state index in [2.05, 4.69) is 30.3 Å². The minimum Gasteiger partial charge on any atom is -0.508 e. The first-order chi connectivity index (χ1) is 14.1. The van der Waals surface area contributed by atoms with Gasteiger partial charge < -0.3 is 21.7 Å². The number of hydrogen-bond donors (Lipinski definition) is 4. The molecule has 0 aromatic heterocycles. The highest BCUT2D eigenvalue weighted by molar-refractivity contribution is 5.85. The molecule has 0 atom stereocenters. The predicted octanol–water partition coefficient (Wildman–Crippen LogP) is 5.21. The molecule has 5 rings (SSSR count). The molecule has 0 radical (unpaired) electrons. The van der Waals surface area contributed by atoms with E-state index >= 15 is 0 Å². The average Bonchev–Trinajstić information content (AvgIpc) is 3.12. The van der Waals surface area contributed by atoms with E-state index in [1.165, 1.54) is 22.3 Å². The molecule has 0 heterocycles. The molecule has 0 saturated carbocycles. The molecule has 4 aromatic carbocycles. The quantitative estimate of drug-likeness (QED) is 0.276. The molecular weight excluding hydrogens is 360 g/mol. The summed E-state index contributed by atoms with van der Waals surface area (Å²) in [4.78, 5) is 0. The smallest absolute Gasteiger partial charge is 0.115 e. The van der Waals surface area contributed by atoms with Gasteiger partial charge in [-0.15, -0.1) is 0 Å². The van der Waals surface area contributed by atoms with Crippen LogP contribution in [0.3, 0.4) is 0 Å². The Labute approximate surface area is 170 Å². The van der Waals surface area contributed by atoms with Gasteiger partial charge >= 0.3 is 0 Å². The van der Waals surface area contributed by atoms with E-state index in [0.29, 0.717) is 17.2 Å². The summed E-state index contributed by atoms with van der Waals surface area (Å²) in [7, 11) is 0. The van der Waals surface area contributed by atoms with Gasteiger partial charge in [0.05, 0.1) is 11.4 Å². The van der Waals surface area contributed by atoms with Crippen molar-refractivity contribution < 1.29 is 10.2 Å². The summed E-state index contributed by atoms with van der Waals surface area (Å²) < 4.78 is 0. The monoisotopic (exact) mass is 384 g/mol. The molecule has 0 amide bonds. The van der Waals surface area contributed by atoms with E-state index in [9.17, 15) is 0 Å². The lowest BCUT2D eigenvalue weighted by Crippen LogP contribution is -1.98. The third-order valence-electron chi connectivity index (χ3n) is 4.58. The summed E-state index contributed by atoms with van der Waals surface area (Å²) >= 11 is 0. The van der Waals surface area contributed by atoms with E-state index in [-0.39, 0.29) is 0 Å². The third-order valence-corrected chi connectivity index (χ3v) is 4.58. The van der Waals surface area contributed by atoms with Crippen LogP contribution in [0.2, 0.25) is 0 Å². The van der Waals surface area contributed by atoms with Gasteiger partial charge in [0.1, 0.15) is 11.5 Å². The summed E-state index contributed by atoms with van der Waals surface area (Å²) in [5, 5.41) is 17.3. The maximum absolute atomic E-state index is 8.63. The van der Waals surface area contributed by atoms with Crippen molar-refractivity contribution in [2.75, 3.05) is 11.5 Å². The molecule has 4 heteroatoms. The van der Waals surface area contributed by atoms with Crippen molar-refractivity contribution in [1.29, 1.82) is 0 Å². The Morgan fingerprint density at radius 2 is 1.07 bits per heavy atom. The van der Waals surface area contributed by atoms with Crippen LogP contribution >= 0.6 is 0 Å². The second kappa shape index (κ2) is 9.33. The van der Waals surface area contributed by atoms with Crippen LogP contribution in [-0.4, -0.2) is 10.2 Å². The number of nitrogen functional groups attached to an aromatic ring is 2. The highest BCUT2D eigenvalue weighted by Gasteiger charge is 2.20. The molecule has 0 unspecified atom stereocenters. The van der Waals surface area contributed by atoms with Crippen molar-refractivity contribution in [1.82, 2.24) is 0 Å². The van der Waals surface area contributed by atoms with Gasteiger partial charge in [0.15, 0.2) is 0 Å². The number of phenols is 2. The number of aromatic hydroxyl groups is 2. The molecule has 1 aliphatic rings. The Hall–Kier alpha value is -3.92. The zero-order chi connectivity index (χ0) is 20.6. The van der Waals surface area contributed by atoms with Crippen LogP contribution in [0.1, 0.15) is 11.1 Å². The van der Waals surface area contributed by atoms with Crippen molar-refractivity contribution in [3.8, 4) is 22.6 Å². The standard InChI is InChI=1S/C13H12N2.2C6H6O/c14-12-6-5-10-9-4-2-1-3-8(9)7-11(10)13(12)15;2*7-6-4-2-1-3-5-6/h1-6H,7,14-15H2;2*1-5,7H. The first-order valence-corrected chi connectivity index (χ1v) is 9.29. The van der Waals surface area contributed by atoms with Crippen LogP contribution in [0.5, 0.6) is 11.5 Å². The summed E-state index contributed by atoms with van der Waals surface area (Å²) in [6, 6.07) is 29.8. The fraction of sp³-hybridized carbons (Fsp3) is 0.0400. The predicted molar refractivity (Wildman–Crippen MR) is 120 cm³/mol. The number of hydrogen-bond acceptors (Lipinski definition) is 4. The summed E-state index contributed by atoms with van der Waals surface area (Å²) in [5.74, 6) is 0.644. The topological polar surface area (TPSA) is 92.5 Å². The molecule has 4 aromatic rings. The van der Waals surface area contributed by atoms with Gasteiger partial charge in [-0.3, -0.25) is 0 Å². The normalized spacial score (nSPS) is 10.5. The SMILES string of the molecule is Nc1ccc2c(c1N)Cc1ccccc1-2.Oc1ccccc1.Oc1ccccc1. The number of benzene rings is 4. The Balaban J connectivity index is 0.000000143. The third kappa shape index (κ3) is 5.08. The molecule has 4 nitrogen and oxygen atoms in total. The molecule has 0 spiro atoms. The van der Waals surface area contributed by atoms with Gasteiger partial charge in [-0.2, -0.15) is 0 Å². The van der Waals surface area contributed by atoms with Crippen molar-refractivity contribution >= 4 is 11.4 Å². The zero-order valence-corrected chi connectivity index (χ0v) is 16.0.